The van der Waals surface area contributed by atoms with Crippen molar-refractivity contribution in [1.29, 1.82) is 0 Å². The first-order valence-corrected chi connectivity index (χ1v) is 8.06. The summed E-state index contributed by atoms with van der Waals surface area (Å²) in [7, 11) is 3.51. The zero-order chi connectivity index (χ0) is 15.4. The van der Waals surface area contributed by atoms with Crippen LogP contribution in [0.3, 0.4) is 0 Å². The van der Waals surface area contributed by atoms with E-state index < -0.39 is 0 Å². The molecule has 1 aliphatic rings. The average Bonchev–Trinajstić information content (AvgIpc) is 2.88. The number of carbonyl (C=O) groups excluding carboxylic acids is 2. The number of carbonyl (C=O) groups is 2. The maximum absolute atomic E-state index is 12.1. The predicted octanol–water partition coefficient (Wildman–Crippen LogP) is 1.78. The molecule has 1 saturated heterocycles. The van der Waals surface area contributed by atoms with Gasteiger partial charge in [-0.05, 0) is 66.2 Å². The molecule has 1 aromatic carbocycles. The van der Waals surface area contributed by atoms with E-state index in [9.17, 15) is 9.59 Å². The van der Waals surface area contributed by atoms with Gasteiger partial charge in [-0.25, -0.2) is 0 Å². The predicted molar refractivity (Wildman–Crippen MR) is 91.1 cm³/mol. The standard InChI is InChI=1S/C15H20IN3O2/c1-18(2)15(21)13-4-3-9-19(13)10-14(20)17-12-7-5-11(16)6-8-12/h5-8,13H,3-4,9-10H2,1-2H3,(H,17,20). The molecule has 0 aromatic heterocycles. The quantitative estimate of drug-likeness (QED) is 0.783. The molecule has 1 heterocycles. The summed E-state index contributed by atoms with van der Waals surface area (Å²) in [4.78, 5) is 27.8. The first kappa shape index (κ1) is 16.2. The summed E-state index contributed by atoms with van der Waals surface area (Å²) in [6.07, 6.45) is 1.79. The number of halogens is 1. The summed E-state index contributed by atoms with van der Waals surface area (Å²) in [6.45, 7) is 1.06. The fourth-order valence-corrected chi connectivity index (χ4v) is 2.87. The van der Waals surface area contributed by atoms with E-state index in [1.54, 1.807) is 19.0 Å². The smallest absolute Gasteiger partial charge is 0.239 e. The van der Waals surface area contributed by atoms with Crippen molar-refractivity contribution >= 4 is 40.1 Å². The van der Waals surface area contributed by atoms with E-state index in [0.717, 1.165) is 28.6 Å². The summed E-state index contributed by atoms with van der Waals surface area (Å²) < 4.78 is 1.13. The SMILES string of the molecule is CN(C)C(=O)C1CCCN1CC(=O)Nc1ccc(I)cc1. The Morgan fingerprint density at radius 2 is 2.00 bits per heavy atom. The topological polar surface area (TPSA) is 52.7 Å². The van der Waals surface area contributed by atoms with Crippen molar-refractivity contribution in [3.05, 3.63) is 27.8 Å². The van der Waals surface area contributed by atoms with E-state index in [0.29, 0.717) is 0 Å². The number of nitrogens with zero attached hydrogens (tertiary/aromatic N) is 2. The highest BCUT2D eigenvalue weighted by molar-refractivity contribution is 14.1. The fraction of sp³-hybridized carbons (Fsp3) is 0.467. The van der Waals surface area contributed by atoms with Crippen LogP contribution in [-0.4, -0.2) is 54.8 Å². The second-order valence-corrected chi connectivity index (χ2v) is 6.66. The third kappa shape index (κ3) is 4.41. The number of anilines is 1. The molecule has 1 atom stereocenters. The molecule has 2 amide bonds. The van der Waals surface area contributed by atoms with E-state index in [4.69, 9.17) is 0 Å². The van der Waals surface area contributed by atoms with Gasteiger partial charge >= 0.3 is 0 Å². The Kier molecular flexibility index (Phi) is 5.58. The minimum Gasteiger partial charge on any atom is -0.347 e. The van der Waals surface area contributed by atoms with Crippen molar-refractivity contribution in [3.63, 3.8) is 0 Å². The lowest BCUT2D eigenvalue weighted by atomic mass is 10.2. The number of nitrogens with one attached hydrogen (secondary N) is 1. The highest BCUT2D eigenvalue weighted by Crippen LogP contribution is 2.19. The van der Waals surface area contributed by atoms with Gasteiger partial charge < -0.3 is 10.2 Å². The van der Waals surface area contributed by atoms with Crippen LogP contribution in [0.25, 0.3) is 0 Å². The highest BCUT2D eigenvalue weighted by Gasteiger charge is 2.32. The Morgan fingerprint density at radius 3 is 2.62 bits per heavy atom. The fourth-order valence-electron chi connectivity index (χ4n) is 2.51. The van der Waals surface area contributed by atoms with E-state index in [2.05, 4.69) is 27.9 Å². The number of rotatable bonds is 4. The number of hydrogen-bond acceptors (Lipinski definition) is 3. The van der Waals surface area contributed by atoms with Gasteiger partial charge in [0.1, 0.15) is 0 Å². The maximum Gasteiger partial charge on any atom is 0.239 e. The van der Waals surface area contributed by atoms with Crippen LogP contribution in [0.5, 0.6) is 0 Å². The van der Waals surface area contributed by atoms with Gasteiger partial charge in [-0.15, -0.1) is 0 Å². The molecule has 1 fully saturated rings. The summed E-state index contributed by atoms with van der Waals surface area (Å²) >= 11 is 2.22. The zero-order valence-electron chi connectivity index (χ0n) is 12.3. The normalized spacial score (nSPS) is 18.5. The second kappa shape index (κ2) is 7.22. The summed E-state index contributed by atoms with van der Waals surface area (Å²) in [6, 6.07) is 7.50. The minimum atomic E-state index is -0.164. The van der Waals surface area contributed by atoms with Crippen LogP contribution in [-0.2, 0) is 9.59 Å². The van der Waals surface area contributed by atoms with Gasteiger partial charge in [0.15, 0.2) is 0 Å². The van der Waals surface area contributed by atoms with Crippen LogP contribution in [0, 0.1) is 3.57 Å². The summed E-state index contributed by atoms with van der Waals surface area (Å²) in [5, 5.41) is 2.88. The maximum atomic E-state index is 12.1. The molecule has 114 valence electrons. The van der Waals surface area contributed by atoms with Crippen molar-refractivity contribution < 1.29 is 9.59 Å². The van der Waals surface area contributed by atoms with E-state index in [1.807, 2.05) is 29.2 Å². The molecule has 1 aromatic rings. The molecule has 0 aliphatic carbocycles. The van der Waals surface area contributed by atoms with Crippen molar-refractivity contribution in [1.82, 2.24) is 9.80 Å². The van der Waals surface area contributed by atoms with Crippen LogP contribution in [0.15, 0.2) is 24.3 Å². The molecule has 21 heavy (non-hydrogen) atoms. The molecule has 1 aliphatic heterocycles. The van der Waals surface area contributed by atoms with Crippen LogP contribution in [0.2, 0.25) is 0 Å². The molecule has 2 rings (SSSR count). The van der Waals surface area contributed by atoms with E-state index in [1.165, 1.54) is 0 Å². The van der Waals surface area contributed by atoms with E-state index in [-0.39, 0.29) is 24.4 Å². The molecule has 0 bridgehead atoms. The number of benzene rings is 1. The Morgan fingerprint density at radius 1 is 1.33 bits per heavy atom. The van der Waals surface area contributed by atoms with Crippen molar-refractivity contribution in [2.24, 2.45) is 0 Å². The second-order valence-electron chi connectivity index (χ2n) is 5.42. The van der Waals surface area contributed by atoms with Gasteiger partial charge in [0, 0.05) is 23.4 Å². The Bertz CT molecular complexity index is 516. The van der Waals surface area contributed by atoms with Gasteiger partial charge in [-0.3, -0.25) is 14.5 Å². The molecule has 1 N–H and O–H groups in total. The Balaban J connectivity index is 1.92. The number of amides is 2. The number of hydrogen-bond donors (Lipinski definition) is 1. The molecule has 0 saturated carbocycles. The molecular weight excluding hydrogens is 381 g/mol. The Labute approximate surface area is 138 Å². The van der Waals surface area contributed by atoms with Crippen molar-refractivity contribution in [2.75, 3.05) is 32.5 Å². The first-order chi connectivity index (χ1) is 9.97. The van der Waals surface area contributed by atoms with Crippen LogP contribution < -0.4 is 5.32 Å². The molecule has 0 radical (unpaired) electrons. The van der Waals surface area contributed by atoms with Gasteiger partial charge in [-0.2, -0.15) is 0 Å². The molecule has 0 spiro atoms. The number of likely N-dealkylation sites (N-methyl/N-ethyl adjacent to an activating group) is 1. The first-order valence-electron chi connectivity index (χ1n) is 6.98. The lowest BCUT2D eigenvalue weighted by Crippen LogP contribution is -2.45. The summed E-state index contributed by atoms with van der Waals surface area (Å²) in [5.41, 5.74) is 0.787. The monoisotopic (exact) mass is 401 g/mol. The zero-order valence-corrected chi connectivity index (χ0v) is 14.5. The molecular formula is C15H20IN3O2. The van der Waals surface area contributed by atoms with Gasteiger partial charge in [0.25, 0.3) is 0 Å². The lowest BCUT2D eigenvalue weighted by molar-refractivity contribution is -0.133. The third-order valence-corrected chi connectivity index (χ3v) is 4.28. The largest absolute Gasteiger partial charge is 0.347 e. The van der Waals surface area contributed by atoms with Crippen LogP contribution in [0.1, 0.15) is 12.8 Å². The lowest BCUT2D eigenvalue weighted by Gasteiger charge is -2.25. The minimum absolute atomic E-state index is 0.0744. The molecule has 5 nitrogen and oxygen atoms in total. The van der Waals surface area contributed by atoms with Gasteiger partial charge in [-0.1, -0.05) is 0 Å². The summed E-state index contributed by atoms with van der Waals surface area (Å²) in [5.74, 6) is 0.00392. The van der Waals surface area contributed by atoms with Crippen molar-refractivity contribution in [3.8, 4) is 0 Å². The van der Waals surface area contributed by atoms with E-state index >= 15 is 0 Å². The van der Waals surface area contributed by atoms with Crippen LogP contribution in [0.4, 0.5) is 5.69 Å². The average molecular weight is 401 g/mol. The molecule has 6 heteroatoms. The Hall–Kier alpha value is -1.15. The van der Waals surface area contributed by atoms with Gasteiger partial charge in [0.2, 0.25) is 11.8 Å². The van der Waals surface area contributed by atoms with Crippen molar-refractivity contribution in [2.45, 2.75) is 18.9 Å². The van der Waals surface area contributed by atoms with Gasteiger partial charge in [0.05, 0.1) is 12.6 Å². The number of likely N-dealkylation sites (tertiary alicyclic amines) is 1. The third-order valence-electron chi connectivity index (χ3n) is 3.56. The van der Waals surface area contributed by atoms with Crippen LogP contribution >= 0.6 is 22.6 Å². The molecule has 1 unspecified atom stereocenters. The highest BCUT2D eigenvalue weighted by atomic mass is 127.